The maximum atomic E-state index is 11.2. The summed E-state index contributed by atoms with van der Waals surface area (Å²) < 4.78 is 0. The SMILES string of the molecule is CCC1CN(C(=O)NC)CC1N. The van der Waals surface area contributed by atoms with Crippen LogP contribution in [0.3, 0.4) is 0 Å². The van der Waals surface area contributed by atoms with Crippen molar-refractivity contribution in [3.63, 3.8) is 0 Å². The number of nitrogens with zero attached hydrogens (tertiary/aromatic N) is 1. The van der Waals surface area contributed by atoms with Crippen molar-refractivity contribution < 1.29 is 4.79 Å². The zero-order valence-electron chi connectivity index (χ0n) is 7.71. The third-order valence-electron chi connectivity index (χ3n) is 2.52. The molecule has 1 fully saturated rings. The minimum atomic E-state index is -0.0126. The van der Waals surface area contributed by atoms with Gasteiger partial charge in [-0.05, 0) is 5.92 Å². The lowest BCUT2D eigenvalue weighted by Gasteiger charge is -2.14. The minimum Gasteiger partial charge on any atom is -0.341 e. The van der Waals surface area contributed by atoms with Gasteiger partial charge in [0.25, 0.3) is 0 Å². The van der Waals surface area contributed by atoms with Crippen molar-refractivity contribution in [2.24, 2.45) is 11.7 Å². The van der Waals surface area contributed by atoms with Crippen molar-refractivity contribution in [2.45, 2.75) is 19.4 Å². The molecule has 3 N–H and O–H groups in total. The van der Waals surface area contributed by atoms with Gasteiger partial charge < -0.3 is 16.0 Å². The number of carbonyl (C=O) groups excluding carboxylic acids is 1. The summed E-state index contributed by atoms with van der Waals surface area (Å²) in [6.07, 6.45) is 1.05. The predicted octanol–water partition coefficient (Wildman–Crippen LogP) is -0.00510. The Labute approximate surface area is 73.1 Å². The van der Waals surface area contributed by atoms with Crippen molar-refractivity contribution in [3.8, 4) is 0 Å². The summed E-state index contributed by atoms with van der Waals surface area (Å²) in [6.45, 7) is 3.60. The first-order valence-electron chi connectivity index (χ1n) is 4.41. The van der Waals surface area contributed by atoms with Crippen LogP contribution in [0.4, 0.5) is 4.79 Å². The fraction of sp³-hybridized carbons (Fsp3) is 0.875. The van der Waals surface area contributed by atoms with Gasteiger partial charge in [0.2, 0.25) is 0 Å². The van der Waals surface area contributed by atoms with E-state index in [4.69, 9.17) is 5.73 Å². The van der Waals surface area contributed by atoms with Gasteiger partial charge in [0.15, 0.2) is 0 Å². The molecule has 0 spiro atoms. The molecule has 1 aliphatic heterocycles. The molecule has 4 nitrogen and oxygen atoms in total. The number of hydrogen-bond donors (Lipinski definition) is 2. The van der Waals surface area contributed by atoms with E-state index in [0.29, 0.717) is 12.5 Å². The molecule has 0 aliphatic carbocycles. The first kappa shape index (κ1) is 9.32. The van der Waals surface area contributed by atoms with Crippen LogP contribution in [0.2, 0.25) is 0 Å². The fourth-order valence-corrected chi connectivity index (χ4v) is 1.65. The average molecular weight is 171 g/mol. The largest absolute Gasteiger partial charge is 0.341 e. The predicted molar refractivity (Wildman–Crippen MR) is 47.8 cm³/mol. The van der Waals surface area contributed by atoms with Gasteiger partial charge in [0.05, 0.1) is 0 Å². The van der Waals surface area contributed by atoms with Crippen molar-refractivity contribution in [2.75, 3.05) is 20.1 Å². The summed E-state index contributed by atoms with van der Waals surface area (Å²) in [7, 11) is 1.65. The van der Waals surface area contributed by atoms with Crippen LogP contribution in [0.25, 0.3) is 0 Å². The van der Waals surface area contributed by atoms with E-state index in [1.54, 1.807) is 11.9 Å². The van der Waals surface area contributed by atoms with Crippen LogP contribution in [0.5, 0.6) is 0 Å². The van der Waals surface area contributed by atoms with E-state index in [1.807, 2.05) is 0 Å². The normalized spacial score (nSPS) is 29.1. The van der Waals surface area contributed by atoms with Gasteiger partial charge in [-0.3, -0.25) is 0 Å². The van der Waals surface area contributed by atoms with Crippen LogP contribution in [-0.2, 0) is 0 Å². The molecule has 4 heteroatoms. The number of urea groups is 1. The molecule has 12 heavy (non-hydrogen) atoms. The minimum absolute atomic E-state index is 0.0126. The third kappa shape index (κ3) is 1.69. The maximum absolute atomic E-state index is 11.2. The molecule has 0 saturated carbocycles. The Balaban J connectivity index is 2.48. The quantitative estimate of drug-likeness (QED) is 0.583. The van der Waals surface area contributed by atoms with Crippen LogP contribution in [-0.4, -0.2) is 37.1 Å². The smallest absolute Gasteiger partial charge is 0.317 e. The molecule has 0 radical (unpaired) electrons. The second kappa shape index (κ2) is 3.76. The van der Waals surface area contributed by atoms with E-state index in [-0.39, 0.29) is 12.1 Å². The van der Waals surface area contributed by atoms with Gasteiger partial charge in [-0.15, -0.1) is 0 Å². The number of nitrogens with two attached hydrogens (primary N) is 1. The molecular weight excluding hydrogens is 154 g/mol. The summed E-state index contributed by atoms with van der Waals surface area (Å²) >= 11 is 0. The molecule has 0 aromatic carbocycles. The Kier molecular flexibility index (Phi) is 2.92. The molecule has 1 saturated heterocycles. The number of rotatable bonds is 1. The third-order valence-corrected chi connectivity index (χ3v) is 2.52. The number of carbonyl (C=O) groups is 1. The van der Waals surface area contributed by atoms with E-state index in [0.717, 1.165) is 13.0 Å². The Hall–Kier alpha value is -0.770. The van der Waals surface area contributed by atoms with E-state index < -0.39 is 0 Å². The van der Waals surface area contributed by atoms with Crippen molar-refractivity contribution in [1.82, 2.24) is 10.2 Å². The number of likely N-dealkylation sites (tertiary alicyclic amines) is 1. The highest BCUT2D eigenvalue weighted by Crippen LogP contribution is 2.17. The van der Waals surface area contributed by atoms with E-state index in [2.05, 4.69) is 12.2 Å². The Morgan fingerprint density at radius 1 is 1.67 bits per heavy atom. The van der Waals surface area contributed by atoms with Gasteiger partial charge in [-0.2, -0.15) is 0 Å². The number of hydrogen-bond acceptors (Lipinski definition) is 2. The molecule has 1 rings (SSSR count). The first-order chi connectivity index (χ1) is 5.69. The molecular formula is C8H17N3O. The molecule has 70 valence electrons. The lowest BCUT2D eigenvalue weighted by molar-refractivity contribution is 0.209. The highest BCUT2D eigenvalue weighted by Gasteiger charge is 2.30. The molecule has 0 aromatic heterocycles. The molecule has 1 heterocycles. The summed E-state index contributed by atoms with van der Waals surface area (Å²) in [6, 6.07) is 0.147. The van der Waals surface area contributed by atoms with Crippen LogP contribution in [0, 0.1) is 5.92 Å². The molecule has 0 aromatic rings. The van der Waals surface area contributed by atoms with Crippen LogP contribution in [0.15, 0.2) is 0 Å². The number of nitrogens with one attached hydrogen (secondary N) is 1. The van der Waals surface area contributed by atoms with Gasteiger partial charge >= 0.3 is 6.03 Å². The van der Waals surface area contributed by atoms with Crippen molar-refractivity contribution in [1.29, 1.82) is 0 Å². The maximum Gasteiger partial charge on any atom is 0.317 e. The van der Waals surface area contributed by atoms with Crippen molar-refractivity contribution >= 4 is 6.03 Å². The van der Waals surface area contributed by atoms with Crippen LogP contribution in [0.1, 0.15) is 13.3 Å². The summed E-state index contributed by atoms with van der Waals surface area (Å²) in [5.41, 5.74) is 5.85. The van der Waals surface area contributed by atoms with E-state index >= 15 is 0 Å². The second-order valence-electron chi connectivity index (χ2n) is 3.29. The fourth-order valence-electron chi connectivity index (χ4n) is 1.65. The Morgan fingerprint density at radius 3 is 2.75 bits per heavy atom. The van der Waals surface area contributed by atoms with E-state index in [9.17, 15) is 4.79 Å². The Bertz CT molecular complexity index is 172. The van der Waals surface area contributed by atoms with Gasteiger partial charge in [0.1, 0.15) is 0 Å². The highest BCUT2D eigenvalue weighted by molar-refractivity contribution is 5.74. The van der Waals surface area contributed by atoms with Crippen molar-refractivity contribution in [3.05, 3.63) is 0 Å². The first-order valence-corrected chi connectivity index (χ1v) is 4.41. The lowest BCUT2D eigenvalue weighted by Crippen LogP contribution is -2.37. The molecule has 2 unspecified atom stereocenters. The van der Waals surface area contributed by atoms with Crippen LogP contribution >= 0.6 is 0 Å². The summed E-state index contributed by atoms with van der Waals surface area (Å²) in [5.74, 6) is 0.474. The Morgan fingerprint density at radius 2 is 2.33 bits per heavy atom. The lowest BCUT2D eigenvalue weighted by atomic mass is 10.0. The number of amides is 2. The second-order valence-corrected chi connectivity index (χ2v) is 3.29. The monoisotopic (exact) mass is 171 g/mol. The van der Waals surface area contributed by atoms with Gasteiger partial charge in [-0.1, -0.05) is 13.3 Å². The van der Waals surface area contributed by atoms with Gasteiger partial charge in [-0.25, -0.2) is 4.79 Å². The molecule has 0 bridgehead atoms. The molecule has 1 aliphatic rings. The van der Waals surface area contributed by atoms with Crippen LogP contribution < -0.4 is 11.1 Å². The average Bonchev–Trinajstić information content (AvgIpc) is 2.45. The van der Waals surface area contributed by atoms with Gasteiger partial charge in [0, 0.05) is 26.2 Å². The molecule has 2 amide bonds. The molecule has 2 atom stereocenters. The topological polar surface area (TPSA) is 58.4 Å². The van der Waals surface area contributed by atoms with E-state index in [1.165, 1.54) is 0 Å². The highest BCUT2D eigenvalue weighted by atomic mass is 16.2. The standard InChI is InChI=1S/C8H17N3O/c1-3-6-4-11(5-7(6)9)8(12)10-2/h6-7H,3-5,9H2,1-2H3,(H,10,12). The summed E-state index contributed by atoms with van der Waals surface area (Å²) in [4.78, 5) is 13.0. The zero-order valence-corrected chi connectivity index (χ0v) is 7.71. The zero-order chi connectivity index (χ0) is 9.14. The summed E-state index contributed by atoms with van der Waals surface area (Å²) in [5, 5.41) is 2.60.